The van der Waals surface area contributed by atoms with Gasteiger partial charge >= 0.3 is 5.97 Å². The molecule has 0 aromatic rings. The molecule has 0 saturated heterocycles. The smallest absolute Gasteiger partial charge is 0.307 e. The normalized spacial score (nSPS) is 30.1. The molecule has 0 amide bonds. The average molecular weight is 215 g/mol. The molecule has 1 fully saturated rings. The highest BCUT2D eigenvalue weighted by Crippen LogP contribution is 2.22. The molecule has 0 spiro atoms. The van der Waals surface area contributed by atoms with Crippen molar-refractivity contribution in [3.8, 4) is 0 Å². The lowest BCUT2D eigenvalue weighted by Crippen LogP contribution is -2.46. The summed E-state index contributed by atoms with van der Waals surface area (Å²) in [6.45, 7) is 3.65. The summed E-state index contributed by atoms with van der Waals surface area (Å²) in [6.07, 6.45) is 3.55. The minimum Gasteiger partial charge on any atom is -0.481 e. The number of ether oxygens (including phenoxy) is 1. The van der Waals surface area contributed by atoms with E-state index in [0.717, 1.165) is 19.3 Å². The summed E-state index contributed by atoms with van der Waals surface area (Å²) < 4.78 is 5.35. The van der Waals surface area contributed by atoms with Gasteiger partial charge in [-0.05, 0) is 26.2 Å². The van der Waals surface area contributed by atoms with Crippen LogP contribution < -0.4 is 5.32 Å². The van der Waals surface area contributed by atoms with Crippen molar-refractivity contribution in [3.05, 3.63) is 0 Å². The lowest BCUT2D eigenvalue weighted by atomic mass is 10.0. The fraction of sp³-hybridized carbons (Fsp3) is 0.909. The predicted octanol–water partition coefficient (Wildman–Crippen LogP) is 1.25. The molecule has 0 aromatic carbocycles. The quantitative estimate of drug-likeness (QED) is 0.724. The Balaban J connectivity index is 2.43. The molecule has 0 aliphatic heterocycles. The maximum atomic E-state index is 10.8. The van der Waals surface area contributed by atoms with Crippen molar-refractivity contribution >= 4 is 5.97 Å². The molecular formula is C11H21NO3. The summed E-state index contributed by atoms with van der Waals surface area (Å²) in [5.41, 5.74) is 0. The third-order valence-corrected chi connectivity index (χ3v) is 3.37. The van der Waals surface area contributed by atoms with Crippen LogP contribution in [-0.2, 0) is 9.53 Å². The highest BCUT2D eigenvalue weighted by atomic mass is 16.5. The highest BCUT2D eigenvalue weighted by Gasteiger charge is 2.30. The number of nitrogens with one attached hydrogen (secondary N) is 1. The predicted molar refractivity (Wildman–Crippen MR) is 57.8 cm³/mol. The van der Waals surface area contributed by atoms with Gasteiger partial charge in [-0.2, -0.15) is 0 Å². The Labute approximate surface area is 91.0 Å². The first kappa shape index (κ1) is 12.5. The number of hydrogen-bond acceptors (Lipinski definition) is 3. The maximum absolute atomic E-state index is 10.8. The lowest BCUT2D eigenvalue weighted by molar-refractivity contribution is -0.142. The van der Waals surface area contributed by atoms with Gasteiger partial charge in [0.1, 0.15) is 0 Å². The molecule has 1 saturated carbocycles. The zero-order valence-electron chi connectivity index (χ0n) is 9.69. The van der Waals surface area contributed by atoms with Gasteiger partial charge < -0.3 is 15.2 Å². The first-order valence-corrected chi connectivity index (χ1v) is 5.58. The number of carbonyl (C=O) groups is 1. The largest absolute Gasteiger partial charge is 0.481 e. The number of aliphatic carboxylic acids is 1. The summed E-state index contributed by atoms with van der Waals surface area (Å²) in [6, 6.07) is 0.301. The molecule has 88 valence electrons. The van der Waals surface area contributed by atoms with E-state index in [4.69, 9.17) is 9.84 Å². The van der Waals surface area contributed by atoms with Gasteiger partial charge in [-0.15, -0.1) is 0 Å². The lowest BCUT2D eigenvalue weighted by Gasteiger charge is -2.26. The van der Waals surface area contributed by atoms with Crippen LogP contribution in [0.25, 0.3) is 0 Å². The van der Waals surface area contributed by atoms with Gasteiger partial charge in [0.15, 0.2) is 0 Å². The second-order valence-corrected chi connectivity index (χ2v) is 4.39. The van der Waals surface area contributed by atoms with Gasteiger partial charge in [-0.1, -0.05) is 6.92 Å². The fourth-order valence-corrected chi connectivity index (χ4v) is 2.09. The number of hydrogen-bond donors (Lipinski definition) is 2. The average Bonchev–Trinajstić information content (AvgIpc) is 2.63. The highest BCUT2D eigenvalue weighted by molar-refractivity contribution is 5.70. The molecule has 4 nitrogen and oxygen atoms in total. The van der Waals surface area contributed by atoms with Crippen LogP contribution in [0.5, 0.6) is 0 Å². The summed E-state index contributed by atoms with van der Waals surface area (Å²) in [5.74, 6) is -1.11. The van der Waals surface area contributed by atoms with E-state index in [0.29, 0.717) is 6.04 Å². The molecule has 1 rings (SSSR count). The molecule has 0 radical (unpaired) electrons. The van der Waals surface area contributed by atoms with Crippen molar-refractivity contribution < 1.29 is 14.6 Å². The van der Waals surface area contributed by atoms with Gasteiger partial charge in [0.2, 0.25) is 0 Å². The van der Waals surface area contributed by atoms with Crippen LogP contribution in [0.4, 0.5) is 0 Å². The zero-order valence-corrected chi connectivity index (χ0v) is 9.69. The molecule has 1 aliphatic carbocycles. The van der Waals surface area contributed by atoms with Crippen LogP contribution in [0.1, 0.15) is 33.1 Å². The van der Waals surface area contributed by atoms with Gasteiger partial charge in [0, 0.05) is 19.2 Å². The van der Waals surface area contributed by atoms with Crippen molar-refractivity contribution in [2.75, 3.05) is 7.11 Å². The third kappa shape index (κ3) is 3.18. The number of rotatable bonds is 5. The van der Waals surface area contributed by atoms with E-state index in [1.807, 2.05) is 6.92 Å². The standard InChI is InChI=1S/C11H21NO3/c1-7(11(13)14)8(2)12-9-5-4-6-10(9)15-3/h7-10,12H,4-6H2,1-3H3,(H,13,14). The minimum atomic E-state index is -0.748. The van der Waals surface area contributed by atoms with Gasteiger partial charge in [0.25, 0.3) is 0 Å². The molecule has 4 heteroatoms. The molecule has 4 unspecified atom stereocenters. The molecule has 0 bridgehead atoms. The first-order chi connectivity index (χ1) is 7.06. The second-order valence-electron chi connectivity index (χ2n) is 4.39. The number of methoxy groups -OCH3 is 1. The Morgan fingerprint density at radius 1 is 1.47 bits per heavy atom. The van der Waals surface area contributed by atoms with Crippen LogP contribution in [0.15, 0.2) is 0 Å². The molecular weight excluding hydrogens is 194 g/mol. The Hall–Kier alpha value is -0.610. The van der Waals surface area contributed by atoms with E-state index in [1.54, 1.807) is 14.0 Å². The van der Waals surface area contributed by atoms with Crippen LogP contribution in [-0.4, -0.2) is 36.4 Å². The van der Waals surface area contributed by atoms with Crippen molar-refractivity contribution in [2.45, 2.75) is 51.3 Å². The summed E-state index contributed by atoms with van der Waals surface area (Å²) in [7, 11) is 1.72. The van der Waals surface area contributed by atoms with Crippen molar-refractivity contribution in [1.29, 1.82) is 0 Å². The molecule has 0 heterocycles. The van der Waals surface area contributed by atoms with Crippen molar-refractivity contribution in [1.82, 2.24) is 5.32 Å². The minimum absolute atomic E-state index is 0.0109. The Kier molecular flexibility index (Phi) is 4.54. The number of carboxylic acids is 1. The SMILES string of the molecule is COC1CCCC1NC(C)C(C)C(=O)O. The van der Waals surface area contributed by atoms with E-state index >= 15 is 0 Å². The topological polar surface area (TPSA) is 58.6 Å². The maximum Gasteiger partial charge on any atom is 0.307 e. The zero-order chi connectivity index (χ0) is 11.4. The Morgan fingerprint density at radius 2 is 2.13 bits per heavy atom. The van der Waals surface area contributed by atoms with E-state index in [-0.39, 0.29) is 18.1 Å². The van der Waals surface area contributed by atoms with E-state index < -0.39 is 5.97 Å². The summed E-state index contributed by atoms with van der Waals surface area (Å²) in [5, 5.41) is 12.2. The van der Waals surface area contributed by atoms with Crippen LogP contribution in [0.2, 0.25) is 0 Å². The Morgan fingerprint density at radius 3 is 2.67 bits per heavy atom. The third-order valence-electron chi connectivity index (χ3n) is 3.37. The van der Waals surface area contributed by atoms with Gasteiger partial charge in [-0.25, -0.2) is 0 Å². The van der Waals surface area contributed by atoms with Gasteiger partial charge in [0.05, 0.1) is 12.0 Å². The summed E-state index contributed by atoms with van der Waals surface area (Å²) in [4.78, 5) is 10.8. The monoisotopic (exact) mass is 215 g/mol. The number of carboxylic acid groups (broad SMARTS) is 1. The molecule has 15 heavy (non-hydrogen) atoms. The molecule has 2 N–H and O–H groups in total. The van der Waals surface area contributed by atoms with Crippen LogP contribution in [0, 0.1) is 5.92 Å². The molecule has 1 aliphatic rings. The fourth-order valence-electron chi connectivity index (χ4n) is 2.09. The van der Waals surface area contributed by atoms with Crippen molar-refractivity contribution in [2.24, 2.45) is 5.92 Å². The van der Waals surface area contributed by atoms with E-state index in [1.165, 1.54) is 0 Å². The van der Waals surface area contributed by atoms with Crippen molar-refractivity contribution in [3.63, 3.8) is 0 Å². The Bertz CT molecular complexity index is 220. The van der Waals surface area contributed by atoms with Gasteiger partial charge in [-0.3, -0.25) is 4.79 Å². The van der Waals surface area contributed by atoms with E-state index in [9.17, 15) is 4.79 Å². The second kappa shape index (κ2) is 5.47. The first-order valence-electron chi connectivity index (χ1n) is 5.58. The molecule has 4 atom stereocenters. The van der Waals surface area contributed by atoms with Crippen LogP contribution in [0.3, 0.4) is 0 Å². The van der Waals surface area contributed by atoms with Crippen LogP contribution >= 0.6 is 0 Å². The molecule has 0 aromatic heterocycles. The summed E-state index contributed by atoms with van der Waals surface area (Å²) >= 11 is 0. The van der Waals surface area contributed by atoms with E-state index in [2.05, 4.69) is 5.32 Å².